The zero-order valence-electron chi connectivity index (χ0n) is 36.7. The molecule has 1 aliphatic carbocycles. The maximum atomic E-state index is 6.75. The van der Waals surface area contributed by atoms with Crippen molar-refractivity contribution in [3.05, 3.63) is 196 Å². The number of aryl methyl sites for hydroxylation is 2. The zero-order valence-corrected chi connectivity index (χ0v) is 39.0. The number of aromatic nitrogens is 4. The van der Waals surface area contributed by atoms with E-state index in [-0.39, 0.29) is 5.41 Å². The molecule has 318 valence electrons. The van der Waals surface area contributed by atoms with Crippen molar-refractivity contribution in [1.29, 1.82) is 0 Å². The average Bonchev–Trinajstić information content (AvgIpc) is 3.77. The summed E-state index contributed by atoms with van der Waals surface area (Å²) >= 11 is 2.50. The molecule has 11 rings (SSSR count). The molecular formula is C58H48N4OPt-2. The number of benzene rings is 7. The number of para-hydroxylation sites is 2. The van der Waals surface area contributed by atoms with E-state index in [1.807, 2.05) is 24.4 Å². The Balaban J connectivity index is 1.06. The van der Waals surface area contributed by atoms with Gasteiger partial charge in [-0.15, -0.1) is 0 Å². The molecule has 0 saturated heterocycles. The van der Waals surface area contributed by atoms with Crippen molar-refractivity contribution in [2.75, 3.05) is 0 Å². The van der Waals surface area contributed by atoms with Crippen LogP contribution < -0.4 is 4.74 Å². The fraction of sp³-hybridized carbons (Fsp3) is 0.172. The molecule has 0 aliphatic heterocycles. The van der Waals surface area contributed by atoms with Gasteiger partial charge in [-0.1, -0.05) is 6.92 Å². The molecule has 0 N–H and O–H groups in total. The molecule has 64 heavy (non-hydrogen) atoms. The maximum absolute atomic E-state index is 6.75. The van der Waals surface area contributed by atoms with Crippen LogP contribution in [0, 0.1) is 28.8 Å². The first-order valence-electron chi connectivity index (χ1n) is 22.2. The van der Waals surface area contributed by atoms with Crippen molar-refractivity contribution in [3.8, 4) is 50.9 Å². The number of nitrogens with zero attached hydrogens (tertiary/aromatic N) is 4. The summed E-state index contributed by atoms with van der Waals surface area (Å²) in [5, 5.41) is 2.37. The molecule has 7 aromatic carbocycles. The van der Waals surface area contributed by atoms with E-state index in [1.54, 1.807) is 0 Å². The van der Waals surface area contributed by atoms with Crippen LogP contribution in [0.1, 0.15) is 56.4 Å². The molecule has 0 spiro atoms. The van der Waals surface area contributed by atoms with Crippen LogP contribution in [0.15, 0.2) is 158 Å². The number of pyridine rings is 1. The van der Waals surface area contributed by atoms with Crippen molar-refractivity contribution >= 4 is 32.8 Å². The predicted octanol–water partition coefficient (Wildman–Crippen LogP) is 14.4. The van der Waals surface area contributed by atoms with Crippen molar-refractivity contribution in [2.45, 2.75) is 59.3 Å². The number of ether oxygens (including phenoxy) is 1. The summed E-state index contributed by atoms with van der Waals surface area (Å²) in [4.78, 5) is 4.87. The Morgan fingerprint density at radius 1 is 0.641 bits per heavy atom. The third-order valence-corrected chi connectivity index (χ3v) is 13.9. The summed E-state index contributed by atoms with van der Waals surface area (Å²) in [5.74, 6) is 2.80. The molecule has 0 fully saturated rings. The average molecular weight is 1010 g/mol. The third kappa shape index (κ3) is 7.07. The van der Waals surface area contributed by atoms with Crippen LogP contribution in [0.2, 0.25) is 0 Å². The van der Waals surface area contributed by atoms with Crippen LogP contribution in [0.25, 0.3) is 72.3 Å². The summed E-state index contributed by atoms with van der Waals surface area (Å²) in [5.41, 5.74) is 16.2. The topological polar surface area (TPSA) is 36.9 Å². The molecular weight excluding hydrogens is 964 g/mol. The quantitative estimate of drug-likeness (QED) is 0.149. The summed E-state index contributed by atoms with van der Waals surface area (Å²) in [6.45, 7) is 11.4. The van der Waals surface area contributed by atoms with E-state index in [1.165, 1.54) is 50.8 Å². The van der Waals surface area contributed by atoms with Gasteiger partial charge in [-0.2, -0.15) is 0 Å². The van der Waals surface area contributed by atoms with Crippen LogP contribution >= 0.6 is 0 Å². The Morgan fingerprint density at radius 2 is 1.31 bits per heavy atom. The first-order valence-corrected chi connectivity index (χ1v) is 23.4. The minimum absolute atomic E-state index is 0.0682. The molecule has 3 heterocycles. The molecule has 0 saturated carbocycles. The van der Waals surface area contributed by atoms with E-state index in [9.17, 15) is 0 Å². The van der Waals surface area contributed by atoms with Gasteiger partial charge in [0, 0.05) is 6.20 Å². The molecule has 10 aromatic rings. The number of fused-ring (bicyclic) bond motifs is 5. The zero-order chi connectivity index (χ0) is 43.7. The van der Waals surface area contributed by atoms with Gasteiger partial charge >= 0.3 is 320 Å². The normalized spacial score (nSPS) is 14.1. The SMILES string of the molecule is Cc1ccnc(-n2c3[c-]c(Oc4[c-]c(-n5[c](=[Pt])n(-c6c(-c7ccccc7)cc(C(C)(C)C)cc6-c6ccccc6)c6ccccc65)ccc4)ccc3c3cc4c(cc32)CCC(C)C4)c1. The van der Waals surface area contributed by atoms with Gasteiger partial charge in [0.2, 0.25) is 0 Å². The Labute approximate surface area is 385 Å². The van der Waals surface area contributed by atoms with E-state index in [2.05, 4.69) is 213 Å². The standard InChI is InChI=1S/C58H48N4O.Pt/c1-38-23-24-42-32-54-51(31-43(42)29-38)48-26-25-47(36-55(48)62(54)56-30-39(2)27-28-59-56)63-46-20-14-19-45(35-46)60-37-61(53-22-13-12-21-52(53)60)57-49(40-15-8-6-9-16-40)33-44(58(3,4)5)34-50(57)41-17-10-7-11-18-41;/h6-22,25-28,30-34,38H,23-24,29H2,1-5H3;/q-2;. The fourth-order valence-electron chi connectivity index (χ4n) is 9.58. The van der Waals surface area contributed by atoms with Crippen LogP contribution in [0.5, 0.6) is 11.5 Å². The minimum Gasteiger partial charge on any atom is -0.0622 e. The third-order valence-electron chi connectivity index (χ3n) is 12.9. The van der Waals surface area contributed by atoms with Gasteiger partial charge in [0.05, 0.1) is 0 Å². The first-order chi connectivity index (χ1) is 31.1. The van der Waals surface area contributed by atoms with Crippen LogP contribution in [0.4, 0.5) is 0 Å². The smallest absolute Gasteiger partial charge is 0.0622 e. The molecule has 1 unspecified atom stereocenters. The van der Waals surface area contributed by atoms with E-state index in [0.717, 1.165) is 66.9 Å². The Morgan fingerprint density at radius 3 is 2.00 bits per heavy atom. The van der Waals surface area contributed by atoms with Crippen molar-refractivity contribution in [1.82, 2.24) is 18.7 Å². The second-order valence-corrected chi connectivity index (χ2v) is 19.4. The Hall–Kier alpha value is -6.55. The Bertz CT molecular complexity index is 3420. The van der Waals surface area contributed by atoms with Crippen molar-refractivity contribution in [3.63, 3.8) is 0 Å². The van der Waals surface area contributed by atoms with Gasteiger partial charge in [0.15, 0.2) is 0 Å². The van der Waals surface area contributed by atoms with Gasteiger partial charge < -0.3 is 0 Å². The molecule has 1 atom stereocenters. The summed E-state index contributed by atoms with van der Waals surface area (Å²) in [6.07, 6.45) is 5.32. The molecule has 6 heteroatoms. The van der Waals surface area contributed by atoms with Gasteiger partial charge in [0.1, 0.15) is 0 Å². The van der Waals surface area contributed by atoms with Gasteiger partial charge in [-0.25, -0.2) is 0 Å². The van der Waals surface area contributed by atoms with Crippen molar-refractivity contribution in [2.24, 2.45) is 5.92 Å². The predicted molar refractivity (Wildman–Crippen MR) is 258 cm³/mol. The fourth-order valence-corrected chi connectivity index (χ4v) is 10.7. The molecule has 0 amide bonds. The van der Waals surface area contributed by atoms with Crippen molar-refractivity contribution < 1.29 is 24.1 Å². The second-order valence-electron chi connectivity index (χ2n) is 18.4. The summed E-state index contributed by atoms with van der Waals surface area (Å²) in [6, 6.07) is 61.8. The molecule has 1 aliphatic rings. The van der Waals surface area contributed by atoms with Gasteiger partial charge in [-0.3, -0.25) is 0 Å². The molecule has 5 nitrogen and oxygen atoms in total. The van der Waals surface area contributed by atoms with E-state index < -0.39 is 0 Å². The first kappa shape index (κ1) is 40.2. The van der Waals surface area contributed by atoms with Crippen LogP contribution in [-0.2, 0) is 37.6 Å². The van der Waals surface area contributed by atoms with Crippen LogP contribution in [-0.4, -0.2) is 18.7 Å². The van der Waals surface area contributed by atoms with Gasteiger partial charge in [-0.05, 0) is 54.9 Å². The summed E-state index contributed by atoms with van der Waals surface area (Å²) in [7, 11) is 0. The monoisotopic (exact) mass is 1010 g/mol. The van der Waals surface area contributed by atoms with E-state index >= 15 is 0 Å². The second kappa shape index (κ2) is 15.9. The van der Waals surface area contributed by atoms with Gasteiger partial charge in [0.25, 0.3) is 0 Å². The number of imidazole rings is 1. The molecule has 0 bridgehead atoms. The minimum atomic E-state index is -0.0682. The Kier molecular flexibility index (Phi) is 10.0. The number of hydrogen-bond acceptors (Lipinski definition) is 2. The van der Waals surface area contributed by atoms with E-state index in [4.69, 9.17) is 9.72 Å². The number of rotatable bonds is 7. The molecule has 0 radical (unpaired) electrons. The number of hydrogen-bond donors (Lipinski definition) is 0. The summed E-state index contributed by atoms with van der Waals surface area (Å²) < 4.78 is 14.7. The molecule has 3 aromatic heterocycles. The van der Waals surface area contributed by atoms with Crippen LogP contribution in [0.3, 0.4) is 0 Å². The van der Waals surface area contributed by atoms with E-state index in [0.29, 0.717) is 17.4 Å².